The van der Waals surface area contributed by atoms with Crippen LogP contribution in [0, 0.1) is 0 Å². The summed E-state index contributed by atoms with van der Waals surface area (Å²) in [5.41, 5.74) is -1.42. The molecule has 0 saturated heterocycles. The Morgan fingerprint density at radius 1 is 1.44 bits per heavy atom. The monoisotopic (exact) mass is 253 g/mol. The summed E-state index contributed by atoms with van der Waals surface area (Å²) < 4.78 is 41.8. The van der Waals surface area contributed by atoms with Crippen LogP contribution < -0.4 is 5.32 Å². The number of benzene rings is 1. The SMILES string of the molecule is COC(=O)Nc1ccc(Cl)cc1C(F)(F)F. The van der Waals surface area contributed by atoms with E-state index in [0.29, 0.717) is 0 Å². The minimum Gasteiger partial charge on any atom is -0.453 e. The van der Waals surface area contributed by atoms with Crippen LogP contribution in [0.25, 0.3) is 0 Å². The fraction of sp³-hybridized carbons (Fsp3) is 0.222. The van der Waals surface area contributed by atoms with Gasteiger partial charge in [-0.3, -0.25) is 5.32 Å². The van der Waals surface area contributed by atoms with E-state index in [0.717, 1.165) is 19.2 Å². The van der Waals surface area contributed by atoms with Gasteiger partial charge in [-0.05, 0) is 18.2 Å². The highest BCUT2D eigenvalue weighted by atomic mass is 35.5. The van der Waals surface area contributed by atoms with E-state index in [9.17, 15) is 18.0 Å². The van der Waals surface area contributed by atoms with Gasteiger partial charge in [0.1, 0.15) is 0 Å². The fourth-order valence-corrected chi connectivity index (χ4v) is 1.19. The van der Waals surface area contributed by atoms with Gasteiger partial charge in [0.25, 0.3) is 0 Å². The molecule has 88 valence electrons. The van der Waals surface area contributed by atoms with Gasteiger partial charge < -0.3 is 4.74 Å². The summed E-state index contributed by atoms with van der Waals surface area (Å²) >= 11 is 5.45. The number of anilines is 1. The number of methoxy groups -OCH3 is 1. The van der Waals surface area contributed by atoms with Gasteiger partial charge >= 0.3 is 12.3 Å². The smallest absolute Gasteiger partial charge is 0.418 e. The molecule has 0 spiro atoms. The molecule has 3 nitrogen and oxygen atoms in total. The molecule has 1 aromatic rings. The molecular weight excluding hydrogens is 247 g/mol. The summed E-state index contributed by atoms with van der Waals surface area (Å²) in [5, 5.41) is 1.89. The molecule has 0 atom stereocenters. The minimum atomic E-state index is -4.60. The van der Waals surface area contributed by atoms with Crippen LogP contribution in [0.2, 0.25) is 5.02 Å². The van der Waals surface area contributed by atoms with Crippen LogP contribution in [-0.2, 0) is 10.9 Å². The van der Waals surface area contributed by atoms with Crippen LogP contribution >= 0.6 is 11.6 Å². The number of rotatable bonds is 1. The van der Waals surface area contributed by atoms with E-state index in [1.807, 2.05) is 5.32 Å². The number of hydrogen-bond donors (Lipinski definition) is 1. The Labute approximate surface area is 94.2 Å². The highest BCUT2D eigenvalue weighted by Gasteiger charge is 2.34. The van der Waals surface area contributed by atoms with E-state index in [2.05, 4.69) is 4.74 Å². The molecule has 1 rings (SSSR count). The summed E-state index contributed by atoms with van der Waals surface area (Å²) in [7, 11) is 1.05. The van der Waals surface area contributed by atoms with Crippen molar-refractivity contribution >= 4 is 23.4 Å². The lowest BCUT2D eigenvalue weighted by Gasteiger charge is -2.13. The number of ether oxygens (including phenoxy) is 1. The Hall–Kier alpha value is -1.43. The van der Waals surface area contributed by atoms with E-state index >= 15 is 0 Å². The Bertz CT molecular complexity index is 406. The average Bonchev–Trinajstić information content (AvgIpc) is 2.19. The summed E-state index contributed by atoms with van der Waals surface area (Å²) in [6.45, 7) is 0. The van der Waals surface area contributed by atoms with Crippen LogP contribution in [0.4, 0.5) is 23.7 Å². The van der Waals surface area contributed by atoms with Crippen LogP contribution in [0.1, 0.15) is 5.56 Å². The van der Waals surface area contributed by atoms with Gasteiger partial charge in [-0.25, -0.2) is 4.79 Å². The molecule has 0 aliphatic carbocycles. The van der Waals surface area contributed by atoms with Crippen molar-refractivity contribution in [3.8, 4) is 0 Å². The maximum absolute atomic E-state index is 12.5. The van der Waals surface area contributed by atoms with Crippen molar-refractivity contribution in [2.45, 2.75) is 6.18 Å². The number of carbonyl (C=O) groups is 1. The van der Waals surface area contributed by atoms with Crippen molar-refractivity contribution in [2.24, 2.45) is 0 Å². The van der Waals surface area contributed by atoms with Crippen LogP contribution in [-0.4, -0.2) is 13.2 Å². The molecule has 0 fully saturated rings. The Balaban J connectivity index is 3.13. The third-order valence-electron chi connectivity index (χ3n) is 1.71. The van der Waals surface area contributed by atoms with Gasteiger partial charge in [-0.15, -0.1) is 0 Å². The van der Waals surface area contributed by atoms with E-state index in [4.69, 9.17) is 11.6 Å². The molecule has 0 aliphatic rings. The molecule has 1 amide bonds. The lowest BCUT2D eigenvalue weighted by Crippen LogP contribution is -2.16. The first-order valence-electron chi connectivity index (χ1n) is 4.06. The second-order valence-electron chi connectivity index (χ2n) is 2.80. The van der Waals surface area contributed by atoms with E-state index < -0.39 is 23.5 Å². The van der Waals surface area contributed by atoms with Crippen LogP contribution in [0.3, 0.4) is 0 Å². The molecule has 0 unspecified atom stereocenters. The lowest BCUT2D eigenvalue weighted by atomic mass is 10.1. The maximum atomic E-state index is 12.5. The molecule has 0 heterocycles. The topological polar surface area (TPSA) is 38.3 Å². The molecule has 0 saturated carbocycles. The quantitative estimate of drug-likeness (QED) is 0.831. The van der Waals surface area contributed by atoms with Crippen LogP contribution in [0.5, 0.6) is 0 Å². The molecule has 0 radical (unpaired) electrons. The predicted molar refractivity (Wildman–Crippen MR) is 52.5 cm³/mol. The summed E-state index contributed by atoms with van der Waals surface area (Å²) in [6, 6.07) is 3.02. The van der Waals surface area contributed by atoms with Crippen molar-refractivity contribution in [1.29, 1.82) is 0 Å². The molecule has 0 aromatic heterocycles. The van der Waals surface area contributed by atoms with Gasteiger partial charge in [0.15, 0.2) is 0 Å². The standard InChI is InChI=1S/C9H7ClF3NO2/c1-16-8(15)14-7-3-2-5(10)4-6(7)9(11,12)13/h2-4H,1H3,(H,14,15). The van der Waals surface area contributed by atoms with Gasteiger partial charge in [0, 0.05) is 5.02 Å². The second kappa shape index (κ2) is 4.61. The third-order valence-corrected chi connectivity index (χ3v) is 1.94. The van der Waals surface area contributed by atoms with Gasteiger partial charge in [-0.2, -0.15) is 13.2 Å². The molecule has 1 N–H and O–H groups in total. The van der Waals surface area contributed by atoms with Crippen molar-refractivity contribution in [1.82, 2.24) is 0 Å². The fourth-order valence-electron chi connectivity index (χ4n) is 1.02. The molecule has 7 heteroatoms. The van der Waals surface area contributed by atoms with Crippen molar-refractivity contribution in [2.75, 3.05) is 12.4 Å². The summed E-state index contributed by atoms with van der Waals surface area (Å²) in [6.07, 6.45) is -5.57. The first-order valence-corrected chi connectivity index (χ1v) is 4.44. The number of nitrogens with one attached hydrogen (secondary N) is 1. The van der Waals surface area contributed by atoms with Gasteiger partial charge in [0.2, 0.25) is 0 Å². The lowest BCUT2D eigenvalue weighted by molar-refractivity contribution is -0.136. The van der Waals surface area contributed by atoms with Crippen molar-refractivity contribution < 1.29 is 22.7 Å². The Morgan fingerprint density at radius 2 is 2.06 bits per heavy atom. The minimum absolute atomic E-state index is 0.0669. The highest BCUT2D eigenvalue weighted by molar-refractivity contribution is 6.30. The third kappa shape index (κ3) is 3.03. The zero-order valence-corrected chi connectivity index (χ0v) is 8.82. The predicted octanol–water partition coefficient (Wildman–Crippen LogP) is 3.54. The number of alkyl halides is 3. The first-order chi connectivity index (χ1) is 7.34. The normalized spacial score (nSPS) is 11.1. The Morgan fingerprint density at radius 3 is 2.56 bits per heavy atom. The molecule has 16 heavy (non-hydrogen) atoms. The molecule has 1 aromatic carbocycles. The zero-order chi connectivity index (χ0) is 12.3. The van der Waals surface area contributed by atoms with E-state index in [1.54, 1.807) is 0 Å². The molecular formula is C9H7ClF3NO2. The zero-order valence-electron chi connectivity index (χ0n) is 8.06. The van der Waals surface area contributed by atoms with Crippen molar-refractivity contribution in [3.63, 3.8) is 0 Å². The number of hydrogen-bond acceptors (Lipinski definition) is 2. The number of amides is 1. The Kier molecular flexibility index (Phi) is 3.64. The average molecular weight is 254 g/mol. The highest BCUT2D eigenvalue weighted by Crippen LogP contribution is 2.36. The first kappa shape index (κ1) is 12.6. The van der Waals surface area contributed by atoms with Crippen molar-refractivity contribution in [3.05, 3.63) is 28.8 Å². The van der Waals surface area contributed by atoms with E-state index in [-0.39, 0.29) is 5.02 Å². The summed E-state index contributed by atoms with van der Waals surface area (Å²) in [5.74, 6) is 0. The van der Waals surface area contributed by atoms with E-state index in [1.165, 1.54) is 6.07 Å². The molecule has 0 bridgehead atoms. The maximum Gasteiger partial charge on any atom is 0.418 e. The van der Waals surface area contributed by atoms with Gasteiger partial charge in [0.05, 0.1) is 18.4 Å². The number of halogens is 4. The summed E-state index contributed by atoms with van der Waals surface area (Å²) in [4.78, 5) is 10.8. The second-order valence-corrected chi connectivity index (χ2v) is 3.24. The van der Waals surface area contributed by atoms with Gasteiger partial charge in [-0.1, -0.05) is 11.6 Å². The largest absolute Gasteiger partial charge is 0.453 e. The number of carbonyl (C=O) groups excluding carboxylic acids is 1. The molecule has 0 aliphatic heterocycles. The van der Waals surface area contributed by atoms with Crippen LogP contribution in [0.15, 0.2) is 18.2 Å².